The van der Waals surface area contributed by atoms with Crippen LogP contribution in [-0.4, -0.2) is 36.4 Å². The second-order valence-corrected chi connectivity index (χ2v) is 7.53. The lowest BCUT2D eigenvalue weighted by Crippen LogP contribution is -2.45. The second kappa shape index (κ2) is 8.21. The first-order chi connectivity index (χ1) is 14.0. The SMILES string of the molecule is CC1CN(c2ccc(CNC(=O)Cc3noc4ccccc34)cc2F)CC(C)O1. The Morgan fingerprint density at radius 3 is 2.72 bits per heavy atom. The Labute approximate surface area is 168 Å². The number of rotatable bonds is 5. The fourth-order valence-electron chi connectivity index (χ4n) is 3.77. The van der Waals surface area contributed by atoms with E-state index in [4.69, 9.17) is 9.26 Å². The van der Waals surface area contributed by atoms with Gasteiger partial charge in [0.1, 0.15) is 11.5 Å². The van der Waals surface area contributed by atoms with E-state index in [0.717, 1.165) is 5.39 Å². The van der Waals surface area contributed by atoms with E-state index in [2.05, 4.69) is 10.5 Å². The van der Waals surface area contributed by atoms with Gasteiger partial charge < -0.3 is 19.5 Å². The molecule has 3 aromatic rings. The summed E-state index contributed by atoms with van der Waals surface area (Å²) >= 11 is 0. The number of amides is 1. The molecule has 6 nitrogen and oxygen atoms in total. The Morgan fingerprint density at radius 1 is 1.21 bits per heavy atom. The van der Waals surface area contributed by atoms with E-state index < -0.39 is 0 Å². The van der Waals surface area contributed by atoms with Gasteiger partial charge in [0.25, 0.3) is 0 Å². The van der Waals surface area contributed by atoms with Gasteiger partial charge in [0.05, 0.1) is 24.3 Å². The van der Waals surface area contributed by atoms with Gasteiger partial charge in [-0.3, -0.25) is 4.79 Å². The minimum atomic E-state index is -0.291. The third kappa shape index (κ3) is 4.40. The average molecular weight is 397 g/mol. The van der Waals surface area contributed by atoms with Crippen molar-refractivity contribution in [1.82, 2.24) is 10.5 Å². The van der Waals surface area contributed by atoms with E-state index in [1.165, 1.54) is 6.07 Å². The van der Waals surface area contributed by atoms with Crippen molar-refractivity contribution in [2.24, 2.45) is 0 Å². The Morgan fingerprint density at radius 2 is 1.97 bits per heavy atom. The van der Waals surface area contributed by atoms with Gasteiger partial charge in [0.15, 0.2) is 5.58 Å². The van der Waals surface area contributed by atoms with Crippen molar-refractivity contribution < 1.29 is 18.4 Å². The summed E-state index contributed by atoms with van der Waals surface area (Å²) in [6.07, 6.45) is 0.232. The number of carbonyl (C=O) groups excluding carboxylic acids is 1. The van der Waals surface area contributed by atoms with Gasteiger partial charge in [-0.05, 0) is 43.7 Å². The fourth-order valence-corrected chi connectivity index (χ4v) is 3.77. The van der Waals surface area contributed by atoms with Crippen LogP contribution in [0.2, 0.25) is 0 Å². The molecule has 7 heteroatoms. The van der Waals surface area contributed by atoms with Crippen LogP contribution in [0.15, 0.2) is 47.0 Å². The molecule has 0 bridgehead atoms. The standard InChI is InChI=1S/C22H24FN3O3/c1-14-12-26(13-15(2)28-14)20-8-7-16(9-18(20)23)11-24-22(27)10-19-17-5-3-4-6-21(17)29-25-19/h3-9,14-15H,10-13H2,1-2H3,(H,24,27). The van der Waals surface area contributed by atoms with Crippen LogP contribution in [0.3, 0.4) is 0 Å². The number of nitrogens with one attached hydrogen (secondary N) is 1. The summed E-state index contributed by atoms with van der Waals surface area (Å²) in [5.74, 6) is -0.482. The first kappa shape index (κ1) is 19.4. The molecule has 0 aliphatic carbocycles. The average Bonchev–Trinajstić information content (AvgIpc) is 3.08. The molecule has 0 radical (unpaired) electrons. The largest absolute Gasteiger partial charge is 0.372 e. The van der Waals surface area contributed by atoms with Crippen molar-refractivity contribution >= 4 is 22.6 Å². The van der Waals surface area contributed by atoms with Gasteiger partial charge in [-0.2, -0.15) is 0 Å². The summed E-state index contributed by atoms with van der Waals surface area (Å²) in [6, 6.07) is 12.5. The summed E-state index contributed by atoms with van der Waals surface area (Å²) in [5, 5.41) is 7.62. The zero-order chi connectivity index (χ0) is 20.4. The molecule has 1 aromatic heterocycles. The number of para-hydroxylation sites is 1. The van der Waals surface area contributed by atoms with Crippen molar-refractivity contribution in [3.8, 4) is 0 Å². The van der Waals surface area contributed by atoms with Crippen LogP contribution < -0.4 is 10.2 Å². The lowest BCUT2D eigenvalue weighted by molar-refractivity contribution is -0.120. The van der Waals surface area contributed by atoms with Gasteiger partial charge in [-0.1, -0.05) is 23.4 Å². The third-order valence-electron chi connectivity index (χ3n) is 5.04. The predicted molar refractivity (Wildman–Crippen MR) is 108 cm³/mol. The van der Waals surface area contributed by atoms with Crippen molar-refractivity contribution in [1.29, 1.82) is 0 Å². The highest BCUT2D eigenvalue weighted by molar-refractivity contribution is 5.86. The van der Waals surface area contributed by atoms with E-state index in [1.54, 1.807) is 6.07 Å². The summed E-state index contributed by atoms with van der Waals surface area (Å²) < 4.78 is 25.6. The molecule has 0 spiro atoms. The Bertz CT molecular complexity index is 1010. The van der Waals surface area contributed by atoms with Crippen LogP contribution in [0.4, 0.5) is 10.1 Å². The van der Waals surface area contributed by atoms with Gasteiger partial charge in [-0.15, -0.1) is 0 Å². The number of halogens is 1. The number of fused-ring (bicyclic) bond motifs is 1. The summed E-state index contributed by atoms with van der Waals surface area (Å²) in [6.45, 7) is 5.54. The molecule has 0 saturated carbocycles. The highest BCUT2D eigenvalue weighted by Gasteiger charge is 2.24. The van der Waals surface area contributed by atoms with Crippen LogP contribution in [-0.2, 0) is 22.5 Å². The third-order valence-corrected chi connectivity index (χ3v) is 5.04. The maximum Gasteiger partial charge on any atom is 0.226 e. The van der Waals surface area contributed by atoms with E-state index in [0.29, 0.717) is 35.6 Å². The maximum absolute atomic E-state index is 14.7. The zero-order valence-corrected chi connectivity index (χ0v) is 16.5. The first-order valence-electron chi connectivity index (χ1n) is 9.78. The van der Waals surface area contributed by atoms with Crippen molar-refractivity contribution in [3.05, 3.63) is 59.5 Å². The normalized spacial score (nSPS) is 19.5. The molecule has 2 aromatic carbocycles. The predicted octanol–water partition coefficient (Wildman–Crippen LogP) is 3.44. The van der Waals surface area contributed by atoms with Crippen LogP contribution in [0.5, 0.6) is 0 Å². The minimum absolute atomic E-state index is 0.0599. The molecule has 1 N–H and O–H groups in total. The molecule has 29 heavy (non-hydrogen) atoms. The van der Waals surface area contributed by atoms with E-state index in [1.807, 2.05) is 49.1 Å². The molecule has 1 fully saturated rings. The van der Waals surface area contributed by atoms with Crippen molar-refractivity contribution in [2.45, 2.75) is 39.0 Å². The van der Waals surface area contributed by atoms with Crippen LogP contribution in [0.25, 0.3) is 11.0 Å². The lowest BCUT2D eigenvalue weighted by Gasteiger charge is -2.37. The fraction of sp³-hybridized carbons (Fsp3) is 0.364. The monoisotopic (exact) mass is 397 g/mol. The molecule has 4 rings (SSSR count). The molecule has 2 heterocycles. The molecule has 1 amide bonds. The highest BCUT2D eigenvalue weighted by atomic mass is 19.1. The second-order valence-electron chi connectivity index (χ2n) is 7.53. The summed E-state index contributed by atoms with van der Waals surface area (Å²) in [7, 11) is 0. The molecule has 2 unspecified atom stereocenters. The van der Waals surface area contributed by atoms with Crippen LogP contribution in [0.1, 0.15) is 25.1 Å². The molecule has 2 atom stereocenters. The number of ether oxygens (including phenoxy) is 1. The number of aromatic nitrogens is 1. The van der Waals surface area contributed by atoms with Crippen molar-refractivity contribution in [2.75, 3.05) is 18.0 Å². The molecule has 152 valence electrons. The Balaban J connectivity index is 1.37. The number of hydrogen-bond acceptors (Lipinski definition) is 5. The Kier molecular flexibility index (Phi) is 5.49. The topological polar surface area (TPSA) is 67.6 Å². The van der Waals surface area contributed by atoms with Crippen molar-refractivity contribution in [3.63, 3.8) is 0 Å². The van der Waals surface area contributed by atoms with Gasteiger partial charge in [-0.25, -0.2) is 4.39 Å². The number of nitrogens with zero attached hydrogens (tertiary/aromatic N) is 2. The molecule has 1 saturated heterocycles. The molecule has 1 aliphatic rings. The number of hydrogen-bond donors (Lipinski definition) is 1. The van der Waals surface area contributed by atoms with Gasteiger partial charge in [0, 0.05) is 25.0 Å². The molecule has 1 aliphatic heterocycles. The maximum atomic E-state index is 14.7. The zero-order valence-electron chi connectivity index (χ0n) is 16.5. The molecular weight excluding hydrogens is 373 g/mol. The van der Waals surface area contributed by atoms with E-state index >= 15 is 0 Å². The first-order valence-corrected chi connectivity index (χ1v) is 9.78. The molecular formula is C22H24FN3O3. The lowest BCUT2D eigenvalue weighted by atomic mass is 10.1. The van der Waals surface area contributed by atoms with Gasteiger partial charge >= 0.3 is 0 Å². The number of anilines is 1. The number of benzene rings is 2. The number of carbonyl (C=O) groups is 1. The quantitative estimate of drug-likeness (QED) is 0.714. The number of morpholine rings is 1. The highest BCUT2D eigenvalue weighted by Crippen LogP contribution is 2.24. The Hall–Kier alpha value is -2.93. The van der Waals surface area contributed by atoms with E-state index in [-0.39, 0.29) is 36.9 Å². The minimum Gasteiger partial charge on any atom is -0.372 e. The summed E-state index contributed by atoms with van der Waals surface area (Å²) in [4.78, 5) is 14.3. The van der Waals surface area contributed by atoms with E-state index in [9.17, 15) is 9.18 Å². The van der Waals surface area contributed by atoms with Crippen LogP contribution >= 0.6 is 0 Å². The smallest absolute Gasteiger partial charge is 0.226 e. The van der Waals surface area contributed by atoms with Crippen LogP contribution in [0, 0.1) is 5.82 Å². The van der Waals surface area contributed by atoms with Gasteiger partial charge in [0.2, 0.25) is 5.91 Å². The summed E-state index contributed by atoms with van der Waals surface area (Å²) in [5.41, 5.74) is 2.52.